The second kappa shape index (κ2) is 6.64. The molecule has 2 N–H and O–H groups in total. The van der Waals surface area contributed by atoms with Gasteiger partial charge in [0.15, 0.2) is 0 Å². The van der Waals surface area contributed by atoms with Crippen LogP contribution in [0.4, 0.5) is 0 Å². The second-order valence-electron chi connectivity index (χ2n) is 6.27. The van der Waals surface area contributed by atoms with Crippen molar-refractivity contribution in [2.24, 2.45) is 17.1 Å². The Bertz CT molecular complexity index is 180. The van der Waals surface area contributed by atoms with Crippen molar-refractivity contribution in [3.05, 3.63) is 0 Å². The van der Waals surface area contributed by atoms with Gasteiger partial charge in [-0.05, 0) is 37.0 Å². The van der Waals surface area contributed by atoms with E-state index >= 15 is 0 Å². The number of hydrogen-bond donors (Lipinski definition) is 1. The van der Waals surface area contributed by atoms with Crippen molar-refractivity contribution in [1.82, 2.24) is 0 Å². The van der Waals surface area contributed by atoms with E-state index in [1.54, 1.807) is 0 Å². The summed E-state index contributed by atoms with van der Waals surface area (Å²) in [5, 5.41) is 0. The summed E-state index contributed by atoms with van der Waals surface area (Å²) < 4.78 is 0. The number of rotatable bonds is 7. The van der Waals surface area contributed by atoms with Gasteiger partial charge in [0, 0.05) is 6.04 Å². The highest BCUT2D eigenvalue weighted by Crippen LogP contribution is 2.46. The third-order valence-electron chi connectivity index (χ3n) is 4.32. The fourth-order valence-electron chi connectivity index (χ4n) is 3.54. The summed E-state index contributed by atoms with van der Waals surface area (Å²) in [5.74, 6) is 0.801. The first kappa shape index (κ1) is 14.0. The summed E-state index contributed by atoms with van der Waals surface area (Å²) in [6, 6.07) is 0.462. The van der Waals surface area contributed by atoms with Crippen LogP contribution in [0.1, 0.15) is 78.6 Å². The van der Waals surface area contributed by atoms with Crippen molar-refractivity contribution >= 4 is 0 Å². The van der Waals surface area contributed by atoms with E-state index < -0.39 is 0 Å². The molecule has 1 rings (SSSR count). The fraction of sp³-hybridized carbons (Fsp3) is 1.00. The SMILES string of the molecule is CCCCCC(N)C1(CC(C)C)CCCC1. The zero-order valence-electron chi connectivity index (χ0n) is 11.6. The van der Waals surface area contributed by atoms with Gasteiger partial charge >= 0.3 is 0 Å². The molecule has 0 spiro atoms. The standard InChI is InChI=1S/C15H31N/c1-4-5-6-9-14(16)15(12-13(2)3)10-7-8-11-15/h13-14H,4-12,16H2,1-3H3. The molecule has 1 aliphatic rings. The molecule has 0 aliphatic heterocycles. The zero-order valence-corrected chi connectivity index (χ0v) is 11.6. The molecule has 0 heterocycles. The van der Waals surface area contributed by atoms with Gasteiger partial charge in [-0.2, -0.15) is 0 Å². The summed E-state index contributed by atoms with van der Waals surface area (Å²) in [4.78, 5) is 0. The predicted molar refractivity (Wildman–Crippen MR) is 72.5 cm³/mol. The van der Waals surface area contributed by atoms with Gasteiger partial charge in [-0.1, -0.05) is 52.9 Å². The van der Waals surface area contributed by atoms with E-state index in [0.29, 0.717) is 11.5 Å². The Morgan fingerprint density at radius 1 is 1.12 bits per heavy atom. The summed E-state index contributed by atoms with van der Waals surface area (Å²) in [6.45, 7) is 6.96. The molecule has 0 aromatic rings. The Balaban J connectivity index is 2.48. The van der Waals surface area contributed by atoms with Crippen molar-refractivity contribution < 1.29 is 0 Å². The molecule has 0 bridgehead atoms. The number of unbranched alkanes of at least 4 members (excludes halogenated alkanes) is 2. The van der Waals surface area contributed by atoms with E-state index in [-0.39, 0.29) is 0 Å². The Hall–Kier alpha value is -0.0400. The minimum Gasteiger partial charge on any atom is -0.327 e. The Morgan fingerprint density at radius 3 is 2.25 bits per heavy atom. The summed E-state index contributed by atoms with van der Waals surface area (Å²) in [5.41, 5.74) is 7.00. The topological polar surface area (TPSA) is 26.0 Å². The predicted octanol–water partition coefficient (Wildman–Crippen LogP) is 4.50. The quantitative estimate of drug-likeness (QED) is 0.634. The monoisotopic (exact) mass is 225 g/mol. The number of nitrogens with two attached hydrogens (primary N) is 1. The van der Waals surface area contributed by atoms with Gasteiger partial charge in [-0.15, -0.1) is 0 Å². The molecule has 1 aliphatic carbocycles. The molecular formula is C15H31N. The van der Waals surface area contributed by atoms with Gasteiger partial charge in [-0.3, -0.25) is 0 Å². The first-order chi connectivity index (χ1) is 7.60. The van der Waals surface area contributed by atoms with Crippen LogP contribution in [-0.4, -0.2) is 6.04 Å². The van der Waals surface area contributed by atoms with Crippen LogP contribution in [0, 0.1) is 11.3 Å². The van der Waals surface area contributed by atoms with Crippen LogP contribution in [0.3, 0.4) is 0 Å². The maximum atomic E-state index is 6.50. The maximum Gasteiger partial charge on any atom is 0.00956 e. The Morgan fingerprint density at radius 2 is 1.75 bits per heavy atom. The van der Waals surface area contributed by atoms with Crippen LogP contribution in [0.15, 0.2) is 0 Å². The van der Waals surface area contributed by atoms with E-state index in [1.165, 1.54) is 57.8 Å². The van der Waals surface area contributed by atoms with Crippen LogP contribution in [0.5, 0.6) is 0 Å². The van der Waals surface area contributed by atoms with Crippen molar-refractivity contribution in [3.63, 3.8) is 0 Å². The maximum absolute atomic E-state index is 6.50. The molecule has 1 saturated carbocycles. The van der Waals surface area contributed by atoms with Crippen molar-refractivity contribution in [2.75, 3.05) is 0 Å². The minimum atomic E-state index is 0.462. The van der Waals surface area contributed by atoms with Gasteiger partial charge < -0.3 is 5.73 Å². The lowest BCUT2D eigenvalue weighted by atomic mass is 9.71. The lowest BCUT2D eigenvalue weighted by Crippen LogP contribution is -2.40. The van der Waals surface area contributed by atoms with Gasteiger partial charge in [0.1, 0.15) is 0 Å². The van der Waals surface area contributed by atoms with Gasteiger partial charge in [0.25, 0.3) is 0 Å². The van der Waals surface area contributed by atoms with Crippen LogP contribution in [0.25, 0.3) is 0 Å². The molecule has 16 heavy (non-hydrogen) atoms. The molecule has 1 atom stereocenters. The van der Waals surface area contributed by atoms with Gasteiger partial charge in [0.2, 0.25) is 0 Å². The first-order valence-electron chi connectivity index (χ1n) is 7.36. The Kier molecular flexibility index (Phi) is 5.82. The van der Waals surface area contributed by atoms with Crippen LogP contribution in [-0.2, 0) is 0 Å². The lowest BCUT2D eigenvalue weighted by Gasteiger charge is -2.37. The molecule has 0 aromatic heterocycles. The highest BCUT2D eigenvalue weighted by Gasteiger charge is 2.39. The molecule has 1 heteroatoms. The highest BCUT2D eigenvalue weighted by atomic mass is 14.7. The van der Waals surface area contributed by atoms with E-state index in [2.05, 4.69) is 20.8 Å². The number of hydrogen-bond acceptors (Lipinski definition) is 1. The molecule has 0 saturated heterocycles. The van der Waals surface area contributed by atoms with E-state index in [9.17, 15) is 0 Å². The van der Waals surface area contributed by atoms with Crippen LogP contribution in [0.2, 0.25) is 0 Å². The molecule has 96 valence electrons. The smallest absolute Gasteiger partial charge is 0.00956 e. The third-order valence-corrected chi connectivity index (χ3v) is 4.32. The molecule has 0 radical (unpaired) electrons. The Labute approximate surface area is 102 Å². The van der Waals surface area contributed by atoms with Gasteiger partial charge in [-0.25, -0.2) is 0 Å². The fourth-order valence-corrected chi connectivity index (χ4v) is 3.54. The average Bonchev–Trinajstić information content (AvgIpc) is 2.67. The van der Waals surface area contributed by atoms with E-state index in [1.807, 2.05) is 0 Å². The summed E-state index contributed by atoms with van der Waals surface area (Å²) >= 11 is 0. The zero-order chi connectivity index (χ0) is 12.0. The third kappa shape index (κ3) is 3.76. The normalized spacial score (nSPS) is 21.6. The lowest BCUT2D eigenvalue weighted by molar-refractivity contribution is 0.173. The van der Waals surface area contributed by atoms with Crippen molar-refractivity contribution in [1.29, 1.82) is 0 Å². The summed E-state index contributed by atoms with van der Waals surface area (Å²) in [7, 11) is 0. The first-order valence-corrected chi connectivity index (χ1v) is 7.36. The van der Waals surface area contributed by atoms with E-state index in [0.717, 1.165) is 5.92 Å². The molecule has 1 unspecified atom stereocenters. The average molecular weight is 225 g/mol. The van der Waals surface area contributed by atoms with Crippen molar-refractivity contribution in [2.45, 2.75) is 84.6 Å². The van der Waals surface area contributed by atoms with Gasteiger partial charge in [0.05, 0.1) is 0 Å². The molecule has 0 aromatic carbocycles. The van der Waals surface area contributed by atoms with Crippen molar-refractivity contribution in [3.8, 4) is 0 Å². The van der Waals surface area contributed by atoms with Crippen LogP contribution < -0.4 is 5.73 Å². The second-order valence-corrected chi connectivity index (χ2v) is 6.27. The van der Waals surface area contributed by atoms with Crippen LogP contribution >= 0.6 is 0 Å². The largest absolute Gasteiger partial charge is 0.327 e. The summed E-state index contributed by atoms with van der Waals surface area (Å²) in [6.07, 6.45) is 12.2. The molecule has 1 nitrogen and oxygen atoms in total. The highest BCUT2D eigenvalue weighted by molar-refractivity contribution is 4.93. The molecular weight excluding hydrogens is 194 g/mol. The molecule has 0 amide bonds. The molecule has 1 fully saturated rings. The minimum absolute atomic E-state index is 0.462. The van der Waals surface area contributed by atoms with E-state index in [4.69, 9.17) is 5.73 Å².